The predicted molar refractivity (Wildman–Crippen MR) is 44.6 cm³/mol. The number of carbonyl (C=O) groups is 1. The van der Waals surface area contributed by atoms with Gasteiger partial charge < -0.3 is 10.4 Å². The maximum atomic E-state index is 10.5. The van der Waals surface area contributed by atoms with Crippen molar-refractivity contribution in [3.8, 4) is 0 Å². The zero-order valence-electron chi connectivity index (χ0n) is 7.26. The zero-order valence-corrected chi connectivity index (χ0v) is 7.26. The second kappa shape index (κ2) is 6.16. The van der Waals surface area contributed by atoms with Crippen molar-refractivity contribution in [1.29, 1.82) is 0 Å². The summed E-state index contributed by atoms with van der Waals surface area (Å²) in [7, 11) is 0. The summed E-state index contributed by atoms with van der Waals surface area (Å²) in [6.07, 6.45) is 2.61. The fourth-order valence-corrected chi connectivity index (χ4v) is 0.920. The average Bonchev–Trinajstić information content (AvgIpc) is 1.97. The highest BCUT2D eigenvalue weighted by molar-refractivity contribution is 5.73. The van der Waals surface area contributed by atoms with Gasteiger partial charge >= 0.3 is 5.97 Å². The molecule has 0 aromatic rings. The molecule has 0 unspecified atom stereocenters. The first kappa shape index (κ1) is 10.4. The van der Waals surface area contributed by atoms with Crippen molar-refractivity contribution in [2.45, 2.75) is 39.2 Å². The van der Waals surface area contributed by atoms with E-state index < -0.39 is 5.97 Å². The van der Waals surface area contributed by atoms with Crippen molar-refractivity contribution in [3.05, 3.63) is 0 Å². The smallest absolute Gasteiger partial charge is 0.320 e. The monoisotopic (exact) mass is 159 g/mol. The second-order valence-corrected chi connectivity index (χ2v) is 2.63. The summed E-state index contributed by atoms with van der Waals surface area (Å²) in [6.45, 7) is 4.80. The van der Waals surface area contributed by atoms with Gasteiger partial charge in [-0.05, 0) is 19.4 Å². The van der Waals surface area contributed by atoms with Crippen LogP contribution in [0.1, 0.15) is 33.1 Å². The van der Waals surface area contributed by atoms with Gasteiger partial charge in [0.1, 0.15) is 6.04 Å². The first-order valence-electron chi connectivity index (χ1n) is 4.18. The lowest BCUT2D eigenvalue weighted by atomic mass is 10.1. The van der Waals surface area contributed by atoms with Crippen LogP contribution < -0.4 is 5.32 Å². The lowest BCUT2D eigenvalue weighted by Gasteiger charge is -2.11. The van der Waals surface area contributed by atoms with Crippen LogP contribution in [0, 0.1) is 0 Å². The van der Waals surface area contributed by atoms with Crippen molar-refractivity contribution in [1.82, 2.24) is 5.32 Å². The van der Waals surface area contributed by atoms with E-state index in [0.29, 0.717) is 0 Å². The molecular weight excluding hydrogens is 142 g/mol. The summed E-state index contributed by atoms with van der Waals surface area (Å²) in [5.41, 5.74) is 0. The molecule has 0 radical (unpaired) electrons. The standard InChI is InChI=1S/C8H17NO2/c1-3-5-7(8(10)11)9-6-4-2/h7,9H,3-6H2,1-2H3,(H,10,11)/t7-/m0/s1. The fraction of sp³-hybridized carbons (Fsp3) is 0.875. The van der Waals surface area contributed by atoms with E-state index in [2.05, 4.69) is 5.32 Å². The minimum absolute atomic E-state index is 0.347. The van der Waals surface area contributed by atoms with E-state index in [1.54, 1.807) is 0 Å². The first-order valence-corrected chi connectivity index (χ1v) is 4.18. The molecule has 1 atom stereocenters. The van der Waals surface area contributed by atoms with Crippen molar-refractivity contribution in [2.24, 2.45) is 0 Å². The Morgan fingerprint density at radius 3 is 2.45 bits per heavy atom. The summed E-state index contributed by atoms with van der Waals surface area (Å²) >= 11 is 0. The molecule has 0 rings (SSSR count). The number of carboxylic acid groups (broad SMARTS) is 1. The lowest BCUT2D eigenvalue weighted by molar-refractivity contribution is -0.139. The molecule has 0 spiro atoms. The predicted octanol–water partition coefficient (Wildman–Crippen LogP) is 1.24. The SMILES string of the molecule is CCCN[C@@H](CCC)C(=O)O. The van der Waals surface area contributed by atoms with Crippen LogP contribution in [0.25, 0.3) is 0 Å². The molecule has 0 aromatic carbocycles. The van der Waals surface area contributed by atoms with Gasteiger partial charge in [-0.3, -0.25) is 4.79 Å². The number of carboxylic acids is 1. The number of rotatable bonds is 6. The van der Waals surface area contributed by atoms with Gasteiger partial charge in [0.15, 0.2) is 0 Å². The molecule has 0 aliphatic carbocycles. The third-order valence-corrected chi connectivity index (χ3v) is 1.52. The highest BCUT2D eigenvalue weighted by Gasteiger charge is 2.13. The summed E-state index contributed by atoms with van der Waals surface area (Å²) in [6, 6.07) is -0.347. The van der Waals surface area contributed by atoms with E-state index in [4.69, 9.17) is 5.11 Å². The summed E-state index contributed by atoms with van der Waals surface area (Å²) in [4.78, 5) is 10.5. The Morgan fingerprint density at radius 2 is 2.09 bits per heavy atom. The molecule has 0 heterocycles. The molecule has 66 valence electrons. The van der Waals surface area contributed by atoms with Gasteiger partial charge in [-0.25, -0.2) is 0 Å². The van der Waals surface area contributed by atoms with Gasteiger partial charge in [0.2, 0.25) is 0 Å². The van der Waals surface area contributed by atoms with Crippen molar-refractivity contribution in [3.63, 3.8) is 0 Å². The largest absolute Gasteiger partial charge is 0.480 e. The Kier molecular flexibility index (Phi) is 5.84. The molecule has 0 aromatic heterocycles. The average molecular weight is 159 g/mol. The van der Waals surface area contributed by atoms with E-state index in [0.717, 1.165) is 25.8 Å². The number of nitrogens with one attached hydrogen (secondary N) is 1. The van der Waals surface area contributed by atoms with E-state index >= 15 is 0 Å². The third kappa shape index (κ3) is 4.79. The summed E-state index contributed by atoms with van der Waals surface area (Å²) in [5.74, 6) is -0.736. The Labute approximate surface area is 67.8 Å². The lowest BCUT2D eigenvalue weighted by Crippen LogP contribution is -2.36. The van der Waals surface area contributed by atoms with Crippen LogP contribution in [-0.2, 0) is 4.79 Å². The molecular formula is C8H17NO2. The van der Waals surface area contributed by atoms with Gasteiger partial charge in [0.25, 0.3) is 0 Å². The Morgan fingerprint density at radius 1 is 1.45 bits per heavy atom. The van der Waals surface area contributed by atoms with Crippen molar-refractivity contribution < 1.29 is 9.90 Å². The van der Waals surface area contributed by atoms with E-state index in [-0.39, 0.29) is 6.04 Å². The number of hydrogen-bond acceptors (Lipinski definition) is 2. The van der Waals surface area contributed by atoms with Gasteiger partial charge in [-0.15, -0.1) is 0 Å². The molecule has 2 N–H and O–H groups in total. The molecule has 0 fully saturated rings. The Hall–Kier alpha value is -0.570. The molecule has 0 aliphatic rings. The quantitative estimate of drug-likeness (QED) is 0.613. The molecule has 3 heteroatoms. The van der Waals surface area contributed by atoms with Gasteiger partial charge in [-0.1, -0.05) is 20.3 Å². The van der Waals surface area contributed by atoms with Crippen LogP contribution in [0.4, 0.5) is 0 Å². The Balaban J connectivity index is 3.60. The van der Waals surface area contributed by atoms with Crippen LogP contribution in [0.15, 0.2) is 0 Å². The molecule has 3 nitrogen and oxygen atoms in total. The Bertz CT molecular complexity index is 115. The number of hydrogen-bond donors (Lipinski definition) is 2. The summed E-state index contributed by atoms with van der Waals surface area (Å²) < 4.78 is 0. The van der Waals surface area contributed by atoms with Gasteiger partial charge in [0, 0.05) is 0 Å². The highest BCUT2D eigenvalue weighted by Crippen LogP contribution is 1.96. The summed E-state index contributed by atoms with van der Waals surface area (Å²) in [5, 5.41) is 11.6. The van der Waals surface area contributed by atoms with Crippen LogP contribution in [-0.4, -0.2) is 23.7 Å². The topological polar surface area (TPSA) is 49.3 Å². The molecule has 11 heavy (non-hydrogen) atoms. The van der Waals surface area contributed by atoms with E-state index in [1.165, 1.54) is 0 Å². The van der Waals surface area contributed by atoms with Gasteiger partial charge in [0.05, 0.1) is 0 Å². The van der Waals surface area contributed by atoms with Gasteiger partial charge in [-0.2, -0.15) is 0 Å². The van der Waals surface area contributed by atoms with Crippen molar-refractivity contribution >= 4 is 5.97 Å². The van der Waals surface area contributed by atoms with Crippen LogP contribution in [0.3, 0.4) is 0 Å². The second-order valence-electron chi connectivity index (χ2n) is 2.63. The maximum Gasteiger partial charge on any atom is 0.320 e. The van der Waals surface area contributed by atoms with Crippen molar-refractivity contribution in [2.75, 3.05) is 6.54 Å². The molecule has 0 aliphatic heterocycles. The van der Waals surface area contributed by atoms with Crippen LogP contribution in [0.5, 0.6) is 0 Å². The third-order valence-electron chi connectivity index (χ3n) is 1.52. The van der Waals surface area contributed by atoms with Crippen LogP contribution in [0.2, 0.25) is 0 Å². The molecule has 0 saturated carbocycles. The van der Waals surface area contributed by atoms with Crippen LogP contribution >= 0.6 is 0 Å². The van der Waals surface area contributed by atoms with E-state index in [9.17, 15) is 4.79 Å². The fourth-order valence-electron chi connectivity index (χ4n) is 0.920. The molecule has 0 saturated heterocycles. The maximum absolute atomic E-state index is 10.5. The zero-order chi connectivity index (χ0) is 8.69. The van der Waals surface area contributed by atoms with E-state index in [1.807, 2.05) is 13.8 Å². The highest BCUT2D eigenvalue weighted by atomic mass is 16.4. The normalized spacial score (nSPS) is 12.9. The minimum atomic E-state index is -0.736. The first-order chi connectivity index (χ1) is 5.22. The molecule has 0 amide bonds. The minimum Gasteiger partial charge on any atom is -0.480 e. The number of aliphatic carboxylic acids is 1. The molecule has 0 bridgehead atoms.